The summed E-state index contributed by atoms with van der Waals surface area (Å²) >= 11 is 0. The minimum absolute atomic E-state index is 0.207. The SMILES string of the molecule is CC(CNc1ccc(N)cc1)O[Si](C)(C)C(C)(C)C. The molecule has 0 amide bonds. The highest BCUT2D eigenvalue weighted by atomic mass is 28.4. The Morgan fingerprint density at radius 1 is 1.21 bits per heavy atom. The van der Waals surface area contributed by atoms with Gasteiger partial charge in [0.25, 0.3) is 0 Å². The fourth-order valence-electron chi connectivity index (χ4n) is 1.58. The first-order valence-electron chi connectivity index (χ1n) is 6.89. The van der Waals surface area contributed by atoms with Crippen LogP contribution in [0.4, 0.5) is 11.4 Å². The van der Waals surface area contributed by atoms with E-state index in [-0.39, 0.29) is 11.1 Å². The number of hydrogen-bond acceptors (Lipinski definition) is 3. The Morgan fingerprint density at radius 2 is 1.74 bits per heavy atom. The van der Waals surface area contributed by atoms with Crippen LogP contribution < -0.4 is 11.1 Å². The van der Waals surface area contributed by atoms with E-state index in [2.05, 4.69) is 46.1 Å². The van der Waals surface area contributed by atoms with E-state index in [1.54, 1.807) is 0 Å². The van der Waals surface area contributed by atoms with Crippen LogP contribution in [0.2, 0.25) is 18.1 Å². The van der Waals surface area contributed by atoms with E-state index in [0.717, 1.165) is 17.9 Å². The number of nitrogens with two attached hydrogens (primary N) is 1. The lowest BCUT2D eigenvalue weighted by atomic mass is 10.2. The Bertz CT molecular complexity index is 396. The van der Waals surface area contributed by atoms with E-state index < -0.39 is 8.32 Å². The lowest BCUT2D eigenvalue weighted by Crippen LogP contribution is -2.44. The van der Waals surface area contributed by atoms with Crippen molar-refractivity contribution >= 4 is 19.7 Å². The quantitative estimate of drug-likeness (QED) is 0.631. The maximum absolute atomic E-state index is 6.30. The monoisotopic (exact) mass is 280 g/mol. The highest BCUT2D eigenvalue weighted by Gasteiger charge is 2.38. The summed E-state index contributed by atoms with van der Waals surface area (Å²) in [7, 11) is -1.68. The summed E-state index contributed by atoms with van der Waals surface area (Å²) < 4.78 is 6.30. The molecule has 1 rings (SSSR count). The molecule has 3 N–H and O–H groups in total. The van der Waals surface area contributed by atoms with Crippen molar-refractivity contribution in [3.63, 3.8) is 0 Å². The molecule has 0 aliphatic carbocycles. The van der Waals surface area contributed by atoms with Crippen molar-refractivity contribution in [3.8, 4) is 0 Å². The minimum atomic E-state index is -1.68. The summed E-state index contributed by atoms with van der Waals surface area (Å²) in [6.45, 7) is 14.3. The number of anilines is 2. The molecule has 3 nitrogen and oxygen atoms in total. The molecule has 1 unspecified atom stereocenters. The topological polar surface area (TPSA) is 47.3 Å². The van der Waals surface area contributed by atoms with Gasteiger partial charge in [-0.05, 0) is 49.3 Å². The van der Waals surface area contributed by atoms with Gasteiger partial charge in [0.05, 0.1) is 6.10 Å². The third-order valence-corrected chi connectivity index (χ3v) is 8.41. The van der Waals surface area contributed by atoms with Gasteiger partial charge in [-0.25, -0.2) is 0 Å². The Labute approximate surface area is 118 Å². The number of hydrogen-bond donors (Lipinski definition) is 2. The molecule has 0 aromatic heterocycles. The summed E-state index contributed by atoms with van der Waals surface area (Å²) in [5, 5.41) is 3.64. The normalized spacial score (nSPS) is 14.2. The fraction of sp³-hybridized carbons (Fsp3) is 0.600. The van der Waals surface area contributed by atoms with Gasteiger partial charge in [-0.2, -0.15) is 0 Å². The predicted octanol–water partition coefficient (Wildman–Crippen LogP) is 4.09. The minimum Gasteiger partial charge on any atom is -0.412 e. The second kappa shape index (κ2) is 5.97. The average molecular weight is 280 g/mol. The zero-order chi connectivity index (χ0) is 14.7. The molecule has 0 aliphatic rings. The van der Waals surface area contributed by atoms with E-state index in [0.29, 0.717) is 0 Å². The number of nitrogens with one attached hydrogen (secondary N) is 1. The first-order valence-corrected chi connectivity index (χ1v) is 9.80. The van der Waals surface area contributed by atoms with E-state index in [1.807, 2.05) is 24.3 Å². The number of benzene rings is 1. The molecule has 0 aliphatic heterocycles. The van der Waals surface area contributed by atoms with Gasteiger partial charge in [-0.1, -0.05) is 20.8 Å². The zero-order valence-corrected chi connectivity index (χ0v) is 14.1. The van der Waals surface area contributed by atoms with Gasteiger partial charge in [0.2, 0.25) is 0 Å². The standard InChI is InChI=1S/C15H28N2OSi/c1-12(18-19(5,6)15(2,3)4)11-17-14-9-7-13(16)8-10-14/h7-10,12,17H,11,16H2,1-6H3. The Hall–Kier alpha value is -1.00. The molecule has 19 heavy (non-hydrogen) atoms. The van der Waals surface area contributed by atoms with Crippen LogP contribution in [0.5, 0.6) is 0 Å². The maximum atomic E-state index is 6.30. The van der Waals surface area contributed by atoms with E-state index >= 15 is 0 Å². The molecule has 0 radical (unpaired) electrons. The van der Waals surface area contributed by atoms with Crippen LogP contribution in [-0.2, 0) is 4.43 Å². The Balaban J connectivity index is 2.48. The molecule has 0 spiro atoms. The molecule has 1 aromatic carbocycles. The van der Waals surface area contributed by atoms with Crippen LogP contribution >= 0.6 is 0 Å². The lowest BCUT2D eigenvalue weighted by Gasteiger charge is -2.38. The molecule has 108 valence electrons. The molecule has 0 heterocycles. The van der Waals surface area contributed by atoms with Crippen molar-refractivity contribution in [1.29, 1.82) is 0 Å². The molecular formula is C15H28N2OSi. The van der Waals surface area contributed by atoms with Crippen molar-refractivity contribution in [2.24, 2.45) is 0 Å². The van der Waals surface area contributed by atoms with Gasteiger partial charge < -0.3 is 15.5 Å². The molecule has 1 atom stereocenters. The van der Waals surface area contributed by atoms with E-state index in [9.17, 15) is 0 Å². The molecule has 4 heteroatoms. The van der Waals surface area contributed by atoms with Crippen LogP contribution in [0.15, 0.2) is 24.3 Å². The molecule has 1 aromatic rings. The first kappa shape index (κ1) is 16.1. The molecule has 0 saturated heterocycles. The van der Waals surface area contributed by atoms with Gasteiger partial charge in [-0.15, -0.1) is 0 Å². The van der Waals surface area contributed by atoms with Crippen LogP contribution in [0.25, 0.3) is 0 Å². The smallest absolute Gasteiger partial charge is 0.192 e. The number of rotatable bonds is 5. The van der Waals surface area contributed by atoms with Gasteiger partial charge in [0.15, 0.2) is 8.32 Å². The second-order valence-corrected chi connectivity index (χ2v) is 11.4. The highest BCUT2D eigenvalue weighted by molar-refractivity contribution is 6.74. The Kier molecular flexibility index (Phi) is 5.04. The summed E-state index contributed by atoms with van der Waals surface area (Å²) in [5.74, 6) is 0. The van der Waals surface area contributed by atoms with Gasteiger partial charge in [0.1, 0.15) is 0 Å². The molecular weight excluding hydrogens is 252 g/mol. The summed E-state index contributed by atoms with van der Waals surface area (Å²) in [6.07, 6.45) is 0.207. The maximum Gasteiger partial charge on any atom is 0.192 e. The van der Waals surface area contributed by atoms with Gasteiger partial charge in [0, 0.05) is 17.9 Å². The zero-order valence-electron chi connectivity index (χ0n) is 13.1. The Morgan fingerprint density at radius 3 is 2.21 bits per heavy atom. The third kappa shape index (κ3) is 4.88. The average Bonchev–Trinajstić information content (AvgIpc) is 2.26. The fourth-order valence-corrected chi connectivity index (χ4v) is 3.03. The van der Waals surface area contributed by atoms with E-state index in [1.165, 1.54) is 0 Å². The van der Waals surface area contributed by atoms with Crippen molar-refractivity contribution < 1.29 is 4.43 Å². The van der Waals surface area contributed by atoms with Crippen molar-refractivity contribution in [2.45, 2.75) is 51.9 Å². The van der Waals surface area contributed by atoms with Gasteiger partial charge in [-0.3, -0.25) is 0 Å². The van der Waals surface area contributed by atoms with Crippen molar-refractivity contribution in [1.82, 2.24) is 0 Å². The number of nitrogen functional groups attached to an aromatic ring is 1. The van der Waals surface area contributed by atoms with Crippen LogP contribution in [-0.4, -0.2) is 21.0 Å². The molecule has 0 fully saturated rings. The molecule has 0 saturated carbocycles. The van der Waals surface area contributed by atoms with Crippen molar-refractivity contribution in [3.05, 3.63) is 24.3 Å². The van der Waals surface area contributed by atoms with Crippen LogP contribution in [0, 0.1) is 0 Å². The third-order valence-electron chi connectivity index (χ3n) is 3.81. The first-order chi connectivity index (χ1) is 8.62. The summed E-state index contributed by atoms with van der Waals surface area (Å²) in [5.41, 5.74) is 7.54. The van der Waals surface area contributed by atoms with E-state index in [4.69, 9.17) is 10.2 Å². The molecule has 0 bridgehead atoms. The van der Waals surface area contributed by atoms with Crippen molar-refractivity contribution in [2.75, 3.05) is 17.6 Å². The van der Waals surface area contributed by atoms with Crippen LogP contribution in [0.3, 0.4) is 0 Å². The second-order valence-electron chi connectivity index (χ2n) is 6.69. The lowest BCUT2D eigenvalue weighted by molar-refractivity contribution is 0.211. The van der Waals surface area contributed by atoms with Crippen LogP contribution in [0.1, 0.15) is 27.7 Å². The van der Waals surface area contributed by atoms with Gasteiger partial charge >= 0.3 is 0 Å². The predicted molar refractivity (Wildman–Crippen MR) is 87.1 cm³/mol. The highest BCUT2D eigenvalue weighted by Crippen LogP contribution is 2.37. The summed E-state index contributed by atoms with van der Waals surface area (Å²) in [6, 6.07) is 7.80. The summed E-state index contributed by atoms with van der Waals surface area (Å²) in [4.78, 5) is 0. The largest absolute Gasteiger partial charge is 0.412 e.